The lowest BCUT2D eigenvalue weighted by Gasteiger charge is -2.13. The standard InChI is InChI=1S/C21H12/c1-3-12-7-9-14-11-15-10-8-13-4-2-6-17-16(5-1)18(12)20(14)21(15)19(13)17/h1-10H,11H2. The van der Waals surface area contributed by atoms with Crippen molar-refractivity contribution in [3.05, 3.63) is 71.8 Å². The molecule has 1 aliphatic rings. The highest BCUT2D eigenvalue weighted by Crippen LogP contribution is 2.46. The third-order valence-electron chi connectivity index (χ3n) is 5.18. The monoisotopic (exact) mass is 264 g/mol. The van der Waals surface area contributed by atoms with Crippen LogP contribution in [0.3, 0.4) is 0 Å². The highest BCUT2D eigenvalue weighted by molar-refractivity contribution is 6.35. The van der Waals surface area contributed by atoms with Gasteiger partial charge in [0.05, 0.1) is 0 Å². The fourth-order valence-corrected chi connectivity index (χ4v) is 4.36. The molecule has 0 unspecified atom stereocenters. The average Bonchev–Trinajstić information content (AvgIpc) is 2.93. The van der Waals surface area contributed by atoms with Crippen LogP contribution in [0.5, 0.6) is 0 Å². The van der Waals surface area contributed by atoms with Crippen LogP contribution in [0.15, 0.2) is 60.7 Å². The van der Waals surface area contributed by atoms with Gasteiger partial charge in [0.25, 0.3) is 0 Å². The van der Waals surface area contributed by atoms with Crippen molar-refractivity contribution in [2.75, 3.05) is 0 Å². The van der Waals surface area contributed by atoms with Gasteiger partial charge in [-0.1, -0.05) is 60.7 Å². The molecule has 0 aromatic heterocycles. The first kappa shape index (κ1) is 10.2. The quantitative estimate of drug-likeness (QED) is 0.246. The van der Waals surface area contributed by atoms with Crippen LogP contribution in [0.4, 0.5) is 0 Å². The van der Waals surface area contributed by atoms with Crippen molar-refractivity contribution in [1.29, 1.82) is 0 Å². The largest absolute Gasteiger partial charge is 0.0610 e. The van der Waals surface area contributed by atoms with Gasteiger partial charge >= 0.3 is 0 Å². The van der Waals surface area contributed by atoms with Crippen molar-refractivity contribution in [2.24, 2.45) is 0 Å². The maximum atomic E-state index is 2.32. The lowest BCUT2D eigenvalue weighted by Crippen LogP contribution is -1.85. The summed E-state index contributed by atoms with van der Waals surface area (Å²) in [5, 5.41) is 11.5. The molecule has 0 fully saturated rings. The SMILES string of the molecule is c1cc2ccc3c4c5c(ccc6cccc(c(c1)c24)c65)C3. The van der Waals surface area contributed by atoms with Crippen LogP contribution in [0.25, 0.3) is 43.1 Å². The minimum Gasteiger partial charge on any atom is -0.0610 e. The van der Waals surface area contributed by atoms with E-state index in [1.54, 1.807) is 0 Å². The van der Waals surface area contributed by atoms with E-state index in [2.05, 4.69) is 60.7 Å². The van der Waals surface area contributed by atoms with Gasteiger partial charge in [0.1, 0.15) is 0 Å². The second-order valence-electron chi connectivity index (χ2n) is 6.18. The maximum absolute atomic E-state index is 2.32. The van der Waals surface area contributed by atoms with E-state index in [9.17, 15) is 0 Å². The van der Waals surface area contributed by atoms with E-state index < -0.39 is 0 Å². The van der Waals surface area contributed by atoms with Gasteiger partial charge in [-0.2, -0.15) is 0 Å². The summed E-state index contributed by atoms with van der Waals surface area (Å²) < 4.78 is 0. The van der Waals surface area contributed by atoms with Gasteiger partial charge in [0.15, 0.2) is 0 Å². The molecule has 0 heteroatoms. The normalized spacial score (nSPS) is 13.5. The minimum atomic E-state index is 1.08. The molecular formula is C21H12. The predicted molar refractivity (Wildman–Crippen MR) is 90.5 cm³/mol. The average molecular weight is 264 g/mol. The van der Waals surface area contributed by atoms with Gasteiger partial charge in [-0.05, 0) is 60.6 Å². The number of fused-ring (bicyclic) bond motifs is 1. The highest BCUT2D eigenvalue weighted by Gasteiger charge is 2.21. The zero-order valence-electron chi connectivity index (χ0n) is 11.5. The zero-order valence-corrected chi connectivity index (χ0v) is 11.5. The van der Waals surface area contributed by atoms with Crippen molar-refractivity contribution in [1.82, 2.24) is 0 Å². The van der Waals surface area contributed by atoms with Crippen LogP contribution in [0.2, 0.25) is 0 Å². The van der Waals surface area contributed by atoms with Crippen molar-refractivity contribution in [3.63, 3.8) is 0 Å². The molecule has 0 N–H and O–H groups in total. The summed E-state index contributed by atoms with van der Waals surface area (Å²) in [4.78, 5) is 0. The molecule has 0 amide bonds. The molecule has 96 valence electrons. The molecule has 6 rings (SSSR count). The Morgan fingerprint density at radius 2 is 1.00 bits per heavy atom. The van der Waals surface area contributed by atoms with Crippen LogP contribution >= 0.6 is 0 Å². The molecule has 0 atom stereocenters. The van der Waals surface area contributed by atoms with E-state index in [0.717, 1.165) is 6.42 Å². The lowest BCUT2D eigenvalue weighted by atomic mass is 9.90. The Balaban J connectivity index is 2.18. The van der Waals surface area contributed by atoms with Crippen LogP contribution in [0.1, 0.15) is 11.1 Å². The molecule has 0 bridgehead atoms. The fourth-order valence-electron chi connectivity index (χ4n) is 4.36. The molecule has 0 aliphatic heterocycles. The molecule has 0 saturated heterocycles. The summed E-state index contributed by atoms with van der Waals surface area (Å²) in [7, 11) is 0. The smallest absolute Gasteiger partial charge is 0.00130 e. The molecule has 0 spiro atoms. The molecule has 0 nitrogen and oxygen atoms in total. The summed E-state index contributed by atoms with van der Waals surface area (Å²) in [5.74, 6) is 0. The number of benzene rings is 5. The second kappa shape index (κ2) is 3.17. The Bertz CT molecular complexity index is 1100. The molecule has 5 aromatic rings. The third kappa shape index (κ3) is 1.03. The first-order chi connectivity index (χ1) is 10.4. The summed E-state index contributed by atoms with van der Waals surface area (Å²) in [5.41, 5.74) is 2.99. The van der Waals surface area contributed by atoms with E-state index in [0.29, 0.717) is 0 Å². The summed E-state index contributed by atoms with van der Waals surface area (Å²) >= 11 is 0. The molecule has 5 aromatic carbocycles. The minimum absolute atomic E-state index is 1.08. The van der Waals surface area contributed by atoms with E-state index in [1.807, 2.05) is 0 Å². The second-order valence-corrected chi connectivity index (χ2v) is 6.18. The Hall–Kier alpha value is -2.60. The summed E-state index contributed by atoms with van der Waals surface area (Å²) in [6.07, 6.45) is 1.08. The lowest BCUT2D eigenvalue weighted by molar-refractivity contribution is 1.28. The number of hydrogen-bond donors (Lipinski definition) is 0. The summed E-state index contributed by atoms with van der Waals surface area (Å²) in [6, 6.07) is 22.6. The third-order valence-corrected chi connectivity index (χ3v) is 5.18. The Kier molecular flexibility index (Phi) is 1.54. The molecule has 0 saturated carbocycles. The molecular weight excluding hydrogens is 252 g/mol. The van der Waals surface area contributed by atoms with Crippen molar-refractivity contribution >= 4 is 43.1 Å². The highest BCUT2D eigenvalue weighted by atomic mass is 14.2. The van der Waals surface area contributed by atoms with E-state index in [-0.39, 0.29) is 0 Å². The van der Waals surface area contributed by atoms with Gasteiger partial charge in [0, 0.05) is 0 Å². The van der Waals surface area contributed by atoms with E-state index in [1.165, 1.54) is 54.2 Å². The van der Waals surface area contributed by atoms with Crippen molar-refractivity contribution in [3.8, 4) is 0 Å². The van der Waals surface area contributed by atoms with Gasteiger partial charge in [0.2, 0.25) is 0 Å². The first-order valence-electron chi connectivity index (χ1n) is 7.52. The number of hydrogen-bond acceptors (Lipinski definition) is 0. The van der Waals surface area contributed by atoms with Crippen molar-refractivity contribution in [2.45, 2.75) is 6.42 Å². The Labute approximate surface area is 121 Å². The maximum Gasteiger partial charge on any atom is -0.00130 e. The molecule has 0 heterocycles. The van der Waals surface area contributed by atoms with Gasteiger partial charge in [-0.15, -0.1) is 0 Å². The van der Waals surface area contributed by atoms with Crippen molar-refractivity contribution < 1.29 is 0 Å². The van der Waals surface area contributed by atoms with Crippen LogP contribution in [-0.2, 0) is 6.42 Å². The molecule has 1 aliphatic carbocycles. The molecule has 21 heavy (non-hydrogen) atoms. The van der Waals surface area contributed by atoms with Gasteiger partial charge in [-0.3, -0.25) is 0 Å². The zero-order chi connectivity index (χ0) is 13.6. The van der Waals surface area contributed by atoms with E-state index >= 15 is 0 Å². The Morgan fingerprint density at radius 3 is 1.52 bits per heavy atom. The summed E-state index contributed by atoms with van der Waals surface area (Å²) in [6.45, 7) is 0. The number of rotatable bonds is 0. The van der Waals surface area contributed by atoms with Crippen LogP contribution < -0.4 is 0 Å². The molecule has 0 radical (unpaired) electrons. The van der Waals surface area contributed by atoms with Crippen LogP contribution in [-0.4, -0.2) is 0 Å². The fraction of sp³-hybridized carbons (Fsp3) is 0.0476. The first-order valence-corrected chi connectivity index (χ1v) is 7.52. The van der Waals surface area contributed by atoms with Gasteiger partial charge < -0.3 is 0 Å². The predicted octanol–water partition coefficient (Wildman–Crippen LogP) is 5.64. The Morgan fingerprint density at radius 1 is 0.476 bits per heavy atom. The van der Waals surface area contributed by atoms with Gasteiger partial charge in [-0.25, -0.2) is 0 Å². The van der Waals surface area contributed by atoms with Crippen LogP contribution in [0, 0.1) is 0 Å². The topological polar surface area (TPSA) is 0 Å². The van der Waals surface area contributed by atoms with E-state index in [4.69, 9.17) is 0 Å².